The highest BCUT2D eigenvalue weighted by molar-refractivity contribution is 7.12. The molecule has 2 heterocycles. The highest BCUT2D eigenvalue weighted by Crippen LogP contribution is 2.24. The fourth-order valence-corrected chi connectivity index (χ4v) is 1.50. The van der Waals surface area contributed by atoms with Gasteiger partial charge in [0.05, 0.1) is 0 Å². The Labute approximate surface area is 76.7 Å². The second-order valence-corrected chi connectivity index (χ2v) is 3.25. The van der Waals surface area contributed by atoms with Crippen molar-refractivity contribution in [2.75, 3.05) is 0 Å². The van der Waals surface area contributed by atoms with Gasteiger partial charge in [0.25, 0.3) is 0 Å². The topological polar surface area (TPSA) is 78.9 Å². The van der Waals surface area contributed by atoms with Crippen molar-refractivity contribution in [3.63, 3.8) is 0 Å². The third kappa shape index (κ3) is 1.43. The van der Waals surface area contributed by atoms with Crippen molar-refractivity contribution in [3.8, 4) is 16.5 Å². The molecule has 2 aromatic heterocycles. The summed E-state index contributed by atoms with van der Waals surface area (Å²) in [5, 5.41) is 15.7. The van der Waals surface area contributed by atoms with E-state index in [0.29, 0.717) is 10.7 Å². The van der Waals surface area contributed by atoms with Gasteiger partial charge < -0.3 is 5.11 Å². The molecule has 13 heavy (non-hydrogen) atoms. The monoisotopic (exact) mass is 195 g/mol. The van der Waals surface area contributed by atoms with Crippen LogP contribution in [0.25, 0.3) is 10.7 Å². The van der Waals surface area contributed by atoms with Gasteiger partial charge in [0.1, 0.15) is 11.4 Å². The lowest BCUT2D eigenvalue weighted by Gasteiger charge is -1.95. The first-order valence-electron chi connectivity index (χ1n) is 3.47. The predicted molar refractivity (Wildman–Crippen MR) is 47.6 cm³/mol. The lowest BCUT2D eigenvalue weighted by Crippen LogP contribution is -1.90. The van der Waals surface area contributed by atoms with E-state index in [4.69, 9.17) is 0 Å². The number of rotatable bonds is 1. The van der Waals surface area contributed by atoms with Gasteiger partial charge in [-0.05, 0) is 12.1 Å². The zero-order chi connectivity index (χ0) is 9.26. The number of aromatic hydroxyl groups is 1. The Hall–Kier alpha value is -1.69. The number of nitrogens with one attached hydrogen (secondary N) is 1. The molecule has 6 heteroatoms. The van der Waals surface area contributed by atoms with Crippen LogP contribution in [0, 0.1) is 0 Å². The second-order valence-electron chi connectivity index (χ2n) is 2.29. The Morgan fingerprint density at radius 1 is 1.54 bits per heavy atom. The first-order chi connectivity index (χ1) is 6.27. The molecule has 0 saturated carbocycles. The van der Waals surface area contributed by atoms with Crippen LogP contribution in [0.2, 0.25) is 0 Å². The molecule has 2 aromatic rings. The van der Waals surface area contributed by atoms with Crippen molar-refractivity contribution in [1.82, 2.24) is 15.2 Å². The average Bonchev–Trinajstić information content (AvgIpc) is 2.53. The van der Waals surface area contributed by atoms with Gasteiger partial charge in [-0.1, -0.05) is 11.3 Å². The Morgan fingerprint density at radius 2 is 2.38 bits per heavy atom. The van der Waals surface area contributed by atoms with Crippen LogP contribution in [0.1, 0.15) is 0 Å². The number of H-pyrrole nitrogens is 1. The molecule has 0 aromatic carbocycles. The van der Waals surface area contributed by atoms with Crippen LogP contribution in [-0.4, -0.2) is 20.3 Å². The summed E-state index contributed by atoms with van der Waals surface area (Å²) in [5.41, 5.74) is 0.325. The van der Waals surface area contributed by atoms with Crippen LogP contribution in [0.4, 0.5) is 0 Å². The van der Waals surface area contributed by atoms with E-state index in [-0.39, 0.29) is 10.6 Å². The highest BCUT2D eigenvalue weighted by Gasteiger charge is 2.08. The summed E-state index contributed by atoms with van der Waals surface area (Å²) in [5.74, 6) is 0.0188. The van der Waals surface area contributed by atoms with E-state index in [1.807, 2.05) is 0 Å². The summed E-state index contributed by atoms with van der Waals surface area (Å²) in [6.45, 7) is 0. The maximum absolute atomic E-state index is 10.8. The van der Waals surface area contributed by atoms with Crippen molar-refractivity contribution >= 4 is 11.3 Å². The molecule has 2 N–H and O–H groups in total. The van der Waals surface area contributed by atoms with Gasteiger partial charge in [0.15, 0.2) is 5.01 Å². The van der Waals surface area contributed by atoms with Crippen LogP contribution in [0.3, 0.4) is 0 Å². The summed E-state index contributed by atoms with van der Waals surface area (Å²) in [6, 6.07) is 3.10. The van der Waals surface area contributed by atoms with Crippen LogP contribution in [-0.2, 0) is 0 Å². The van der Waals surface area contributed by atoms with E-state index >= 15 is 0 Å². The molecular weight excluding hydrogens is 190 g/mol. The molecule has 0 aliphatic rings. The Morgan fingerprint density at radius 3 is 3.00 bits per heavy atom. The van der Waals surface area contributed by atoms with E-state index in [1.54, 1.807) is 6.07 Å². The van der Waals surface area contributed by atoms with Crippen molar-refractivity contribution in [1.29, 1.82) is 0 Å². The molecule has 0 atom stereocenters. The zero-order valence-corrected chi connectivity index (χ0v) is 7.21. The fourth-order valence-electron chi connectivity index (χ4n) is 0.893. The largest absolute Gasteiger partial charge is 0.506 e. The first-order valence-corrected chi connectivity index (χ1v) is 4.29. The third-order valence-electron chi connectivity index (χ3n) is 1.43. The van der Waals surface area contributed by atoms with E-state index in [1.165, 1.54) is 12.3 Å². The molecule has 0 spiro atoms. The predicted octanol–water partition coefficient (Wildman–Crippen LogP) is 0.599. The zero-order valence-electron chi connectivity index (χ0n) is 6.39. The van der Waals surface area contributed by atoms with Crippen molar-refractivity contribution in [2.24, 2.45) is 0 Å². The summed E-state index contributed by atoms with van der Waals surface area (Å²) in [4.78, 5) is 14.4. The van der Waals surface area contributed by atoms with Crippen LogP contribution < -0.4 is 4.87 Å². The number of aromatic amines is 1. The van der Waals surface area contributed by atoms with Gasteiger partial charge in [-0.2, -0.15) is 5.10 Å². The standard InChI is InChI=1S/C7H5N3O2S/c11-4-2-1-3-8-5(4)6-9-10-7(12)13-6/h1-3,11H,(H,10,12). The van der Waals surface area contributed by atoms with E-state index in [0.717, 1.165) is 11.3 Å². The minimum atomic E-state index is -0.264. The van der Waals surface area contributed by atoms with E-state index in [9.17, 15) is 9.90 Å². The molecule has 0 saturated heterocycles. The maximum Gasteiger partial charge on any atom is 0.322 e. The number of aromatic nitrogens is 3. The fraction of sp³-hybridized carbons (Fsp3) is 0. The van der Waals surface area contributed by atoms with Crippen LogP contribution >= 0.6 is 11.3 Å². The summed E-state index contributed by atoms with van der Waals surface area (Å²) in [7, 11) is 0. The maximum atomic E-state index is 10.8. The summed E-state index contributed by atoms with van der Waals surface area (Å²) >= 11 is 0.910. The van der Waals surface area contributed by atoms with Gasteiger partial charge in [0, 0.05) is 6.20 Å². The molecule has 0 bridgehead atoms. The average molecular weight is 195 g/mol. The van der Waals surface area contributed by atoms with Crippen molar-refractivity contribution < 1.29 is 5.11 Å². The smallest absolute Gasteiger partial charge is 0.322 e. The van der Waals surface area contributed by atoms with Gasteiger partial charge in [-0.3, -0.25) is 4.79 Å². The molecule has 0 aliphatic carbocycles. The van der Waals surface area contributed by atoms with Gasteiger partial charge >= 0.3 is 4.87 Å². The minimum Gasteiger partial charge on any atom is -0.506 e. The SMILES string of the molecule is O=c1[nH]nc(-c2ncccc2O)s1. The molecule has 2 rings (SSSR count). The van der Waals surface area contributed by atoms with Gasteiger partial charge in [-0.15, -0.1) is 0 Å². The molecular formula is C7H5N3O2S. The Balaban J connectivity index is 2.58. The third-order valence-corrected chi connectivity index (χ3v) is 2.18. The number of hydrogen-bond donors (Lipinski definition) is 2. The molecule has 0 aliphatic heterocycles. The lowest BCUT2D eigenvalue weighted by molar-refractivity contribution is 0.475. The summed E-state index contributed by atoms with van der Waals surface area (Å²) in [6.07, 6.45) is 1.53. The van der Waals surface area contributed by atoms with Gasteiger partial charge in [-0.25, -0.2) is 10.1 Å². The van der Waals surface area contributed by atoms with E-state index < -0.39 is 0 Å². The highest BCUT2D eigenvalue weighted by atomic mass is 32.1. The van der Waals surface area contributed by atoms with Crippen molar-refractivity contribution in [2.45, 2.75) is 0 Å². The van der Waals surface area contributed by atoms with Crippen molar-refractivity contribution in [3.05, 3.63) is 28.0 Å². The lowest BCUT2D eigenvalue weighted by atomic mass is 10.3. The normalized spacial score (nSPS) is 10.2. The Kier molecular flexibility index (Phi) is 1.82. The Bertz CT molecular complexity index is 476. The first kappa shape index (κ1) is 7.93. The number of nitrogens with zero attached hydrogens (tertiary/aromatic N) is 2. The number of hydrogen-bond acceptors (Lipinski definition) is 5. The molecule has 0 radical (unpaired) electrons. The van der Waals surface area contributed by atoms with Gasteiger partial charge in [0.2, 0.25) is 0 Å². The quantitative estimate of drug-likeness (QED) is 0.698. The number of pyridine rings is 1. The molecule has 5 nitrogen and oxygen atoms in total. The van der Waals surface area contributed by atoms with E-state index in [2.05, 4.69) is 15.2 Å². The molecule has 0 fully saturated rings. The summed E-state index contributed by atoms with van der Waals surface area (Å²) < 4.78 is 0. The van der Waals surface area contributed by atoms with Crippen LogP contribution in [0.5, 0.6) is 5.75 Å². The van der Waals surface area contributed by atoms with Crippen LogP contribution in [0.15, 0.2) is 23.1 Å². The second kappa shape index (κ2) is 2.98. The molecule has 0 amide bonds. The minimum absolute atomic E-state index is 0.0188. The molecule has 0 unspecified atom stereocenters. The molecule has 66 valence electrons.